The Kier molecular flexibility index (Phi) is 8.18. The van der Waals surface area contributed by atoms with Crippen molar-refractivity contribution in [1.29, 1.82) is 0 Å². The van der Waals surface area contributed by atoms with Crippen LogP contribution in [-0.2, 0) is 17.1 Å². The third-order valence-electron chi connectivity index (χ3n) is 3.85. The summed E-state index contributed by atoms with van der Waals surface area (Å²) in [6.45, 7) is 5.43. The lowest BCUT2D eigenvalue weighted by atomic mass is 10.1. The fourth-order valence-electron chi connectivity index (χ4n) is 2.53. The highest BCUT2D eigenvalue weighted by Crippen LogP contribution is 2.13. The van der Waals surface area contributed by atoms with Crippen LogP contribution in [0, 0.1) is 0 Å². The molecule has 1 saturated heterocycles. The number of hydrogen-bond donors (Lipinski definition) is 1. The van der Waals surface area contributed by atoms with Crippen molar-refractivity contribution in [2.75, 3.05) is 38.6 Å². The van der Waals surface area contributed by atoms with Crippen LogP contribution < -0.4 is 0 Å². The third kappa shape index (κ3) is 6.83. The zero-order chi connectivity index (χ0) is 14.8. The summed E-state index contributed by atoms with van der Waals surface area (Å²) in [6, 6.07) is 8.17. The van der Waals surface area contributed by atoms with Gasteiger partial charge >= 0.3 is 0 Å². The average Bonchev–Trinajstić information content (AvgIpc) is 2.55. The number of benzene rings is 1. The number of hydrogen-bond acceptors (Lipinski definition) is 4. The topological polar surface area (TPSA) is 32.7 Å². The molecule has 1 N–H and O–H groups in total. The quantitative estimate of drug-likeness (QED) is 0.711. The first-order valence-corrected chi connectivity index (χ1v) is 9.10. The zero-order valence-electron chi connectivity index (χ0n) is 12.8. The number of rotatable bonds is 9. The molecule has 118 valence electrons. The smallest absolute Gasteiger partial charge is 0.0681 e. The highest BCUT2D eigenvalue weighted by Gasteiger charge is 2.08. The van der Waals surface area contributed by atoms with Gasteiger partial charge in [-0.1, -0.05) is 30.7 Å². The molecule has 1 aromatic rings. The van der Waals surface area contributed by atoms with Crippen LogP contribution >= 0.6 is 11.8 Å². The normalized spacial score (nSPS) is 16.2. The van der Waals surface area contributed by atoms with Crippen LogP contribution in [0.4, 0.5) is 0 Å². The van der Waals surface area contributed by atoms with Gasteiger partial charge in [0.25, 0.3) is 0 Å². The van der Waals surface area contributed by atoms with E-state index >= 15 is 0 Å². The van der Waals surface area contributed by atoms with Crippen molar-refractivity contribution in [3.8, 4) is 0 Å². The summed E-state index contributed by atoms with van der Waals surface area (Å²) in [4.78, 5) is 2.51. The van der Waals surface area contributed by atoms with Gasteiger partial charge in [0.1, 0.15) is 0 Å². The van der Waals surface area contributed by atoms with Gasteiger partial charge in [-0.25, -0.2) is 0 Å². The molecule has 1 aromatic carbocycles. The van der Waals surface area contributed by atoms with Gasteiger partial charge in [0, 0.05) is 18.1 Å². The van der Waals surface area contributed by atoms with Crippen LogP contribution in [0.5, 0.6) is 0 Å². The van der Waals surface area contributed by atoms with Gasteiger partial charge in [0.15, 0.2) is 0 Å². The highest BCUT2D eigenvalue weighted by molar-refractivity contribution is 7.98. The van der Waals surface area contributed by atoms with Crippen LogP contribution in [0.2, 0.25) is 0 Å². The number of ether oxygens (including phenoxy) is 1. The molecule has 0 unspecified atom stereocenters. The van der Waals surface area contributed by atoms with E-state index < -0.39 is 0 Å². The predicted molar refractivity (Wildman–Crippen MR) is 89.6 cm³/mol. The second-order valence-electron chi connectivity index (χ2n) is 5.54. The van der Waals surface area contributed by atoms with E-state index in [9.17, 15) is 0 Å². The van der Waals surface area contributed by atoms with Gasteiger partial charge in [-0.05, 0) is 37.1 Å². The molecule has 1 fully saturated rings. The molecule has 1 aliphatic rings. The fourth-order valence-corrected chi connectivity index (χ4v) is 3.34. The Morgan fingerprint density at radius 3 is 2.43 bits per heavy atom. The van der Waals surface area contributed by atoms with Crippen molar-refractivity contribution < 1.29 is 9.84 Å². The van der Waals surface area contributed by atoms with E-state index in [1.54, 1.807) is 0 Å². The minimum Gasteiger partial charge on any atom is -0.392 e. The van der Waals surface area contributed by atoms with Crippen LogP contribution in [0.3, 0.4) is 0 Å². The zero-order valence-corrected chi connectivity index (χ0v) is 13.6. The van der Waals surface area contributed by atoms with Gasteiger partial charge in [-0.15, -0.1) is 0 Å². The van der Waals surface area contributed by atoms with Gasteiger partial charge in [0.05, 0.1) is 19.8 Å². The SMILES string of the molecule is OCc1ccc(CSCCOCCN2CCCCC2)cc1. The molecular weight excluding hydrogens is 282 g/mol. The molecule has 0 atom stereocenters. The van der Waals surface area contributed by atoms with E-state index in [1.165, 1.54) is 37.9 Å². The fraction of sp³-hybridized carbons (Fsp3) is 0.647. The van der Waals surface area contributed by atoms with Crippen molar-refractivity contribution in [2.24, 2.45) is 0 Å². The van der Waals surface area contributed by atoms with Crippen molar-refractivity contribution >= 4 is 11.8 Å². The first-order chi connectivity index (χ1) is 10.4. The molecule has 0 bridgehead atoms. The summed E-state index contributed by atoms with van der Waals surface area (Å²) in [7, 11) is 0. The third-order valence-corrected chi connectivity index (χ3v) is 4.84. The molecule has 4 heteroatoms. The Labute approximate surface area is 132 Å². The lowest BCUT2D eigenvalue weighted by molar-refractivity contribution is 0.107. The second-order valence-corrected chi connectivity index (χ2v) is 6.65. The first kappa shape index (κ1) is 16.8. The Morgan fingerprint density at radius 2 is 1.71 bits per heavy atom. The number of nitrogens with zero attached hydrogens (tertiary/aromatic N) is 1. The molecule has 21 heavy (non-hydrogen) atoms. The second kappa shape index (κ2) is 10.2. The lowest BCUT2D eigenvalue weighted by Crippen LogP contribution is -2.32. The predicted octanol–water partition coefficient (Wildman–Crippen LogP) is 2.91. The molecule has 0 radical (unpaired) electrons. The van der Waals surface area contributed by atoms with Crippen LogP contribution in [0.1, 0.15) is 30.4 Å². The molecular formula is C17H27NO2S. The lowest BCUT2D eigenvalue weighted by Gasteiger charge is -2.26. The molecule has 0 saturated carbocycles. The summed E-state index contributed by atoms with van der Waals surface area (Å²) < 4.78 is 5.72. The maximum absolute atomic E-state index is 8.99. The van der Waals surface area contributed by atoms with Crippen LogP contribution in [-0.4, -0.2) is 48.6 Å². The van der Waals surface area contributed by atoms with E-state index in [0.717, 1.165) is 36.8 Å². The van der Waals surface area contributed by atoms with Gasteiger partial charge in [0.2, 0.25) is 0 Å². The number of likely N-dealkylation sites (tertiary alicyclic amines) is 1. The minimum absolute atomic E-state index is 0.123. The number of aliphatic hydroxyl groups excluding tert-OH is 1. The van der Waals surface area contributed by atoms with Crippen LogP contribution in [0.25, 0.3) is 0 Å². The van der Waals surface area contributed by atoms with E-state index in [0.29, 0.717) is 0 Å². The summed E-state index contributed by atoms with van der Waals surface area (Å²) in [5.74, 6) is 2.06. The van der Waals surface area contributed by atoms with E-state index in [4.69, 9.17) is 9.84 Å². The van der Waals surface area contributed by atoms with Crippen molar-refractivity contribution in [2.45, 2.75) is 31.6 Å². The largest absolute Gasteiger partial charge is 0.392 e. The molecule has 1 heterocycles. The number of piperidine rings is 1. The molecule has 0 aliphatic carbocycles. The maximum atomic E-state index is 8.99. The first-order valence-electron chi connectivity index (χ1n) is 7.95. The van der Waals surface area contributed by atoms with Gasteiger partial charge < -0.3 is 14.7 Å². The Bertz CT molecular complexity index is 377. The van der Waals surface area contributed by atoms with Gasteiger partial charge in [-0.3, -0.25) is 0 Å². The molecule has 3 nitrogen and oxygen atoms in total. The summed E-state index contributed by atoms with van der Waals surface area (Å²) >= 11 is 1.90. The van der Waals surface area contributed by atoms with Crippen molar-refractivity contribution in [3.05, 3.63) is 35.4 Å². The molecule has 0 spiro atoms. The summed E-state index contributed by atoms with van der Waals surface area (Å²) in [5, 5.41) is 8.99. The Hall–Kier alpha value is -0.550. The number of aliphatic hydroxyl groups is 1. The van der Waals surface area contributed by atoms with Crippen LogP contribution in [0.15, 0.2) is 24.3 Å². The molecule has 1 aliphatic heterocycles. The standard InChI is InChI=1S/C17H27NO2S/c19-14-16-4-6-17(7-5-16)15-21-13-12-20-11-10-18-8-2-1-3-9-18/h4-7,19H,1-3,8-15H2. The molecule has 0 aromatic heterocycles. The average molecular weight is 309 g/mol. The van der Waals surface area contributed by atoms with Gasteiger partial charge in [-0.2, -0.15) is 11.8 Å². The van der Waals surface area contributed by atoms with Crippen molar-refractivity contribution in [3.63, 3.8) is 0 Å². The van der Waals surface area contributed by atoms with Crippen molar-refractivity contribution in [1.82, 2.24) is 4.90 Å². The molecule has 2 rings (SSSR count). The molecule has 0 amide bonds. The van der Waals surface area contributed by atoms with E-state index in [1.807, 2.05) is 23.9 Å². The highest BCUT2D eigenvalue weighted by atomic mass is 32.2. The van der Waals surface area contributed by atoms with E-state index in [-0.39, 0.29) is 6.61 Å². The summed E-state index contributed by atoms with van der Waals surface area (Å²) in [5.41, 5.74) is 2.29. The minimum atomic E-state index is 0.123. The monoisotopic (exact) mass is 309 g/mol. The Balaban J connectivity index is 1.46. The van der Waals surface area contributed by atoms with E-state index in [2.05, 4.69) is 17.0 Å². The Morgan fingerprint density at radius 1 is 1.00 bits per heavy atom. The summed E-state index contributed by atoms with van der Waals surface area (Å²) in [6.07, 6.45) is 4.10. The maximum Gasteiger partial charge on any atom is 0.0681 e. The number of thioether (sulfide) groups is 1.